The summed E-state index contributed by atoms with van der Waals surface area (Å²) in [5, 5.41) is 12.8. The van der Waals surface area contributed by atoms with Crippen LogP contribution in [0.3, 0.4) is 0 Å². The number of fused-ring (bicyclic) bond motifs is 1. The number of hydrogen-bond acceptors (Lipinski definition) is 3. The Morgan fingerprint density at radius 3 is 3.19 bits per heavy atom. The lowest BCUT2D eigenvalue weighted by molar-refractivity contribution is -0.141. The molecule has 2 heterocycles. The Bertz CT molecular complexity index is 507. The van der Waals surface area contributed by atoms with Crippen LogP contribution >= 0.6 is 0 Å². The maximum absolute atomic E-state index is 10.7. The SMILES string of the molecule is CC(CCc1cnc2ccnn2c1)C(=O)O. The fourth-order valence-electron chi connectivity index (χ4n) is 1.48. The number of nitrogens with zero attached hydrogens (tertiary/aromatic N) is 3. The topological polar surface area (TPSA) is 67.5 Å². The van der Waals surface area contributed by atoms with E-state index in [2.05, 4.69) is 10.1 Å². The van der Waals surface area contributed by atoms with Crippen molar-refractivity contribution in [2.24, 2.45) is 5.92 Å². The molecule has 2 rings (SSSR count). The Kier molecular flexibility index (Phi) is 2.85. The second kappa shape index (κ2) is 4.30. The van der Waals surface area contributed by atoms with Gasteiger partial charge in [0.25, 0.3) is 0 Å². The van der Waals surface area contributed by atoms with Gasteiger partial charge < -0.3 is 5.11 Å². The summed E-state index contributed by atoms with van der Waals surface area (Å²) in [6.45, 7) is 1.71. The summed E-state index contributed by atoms with van der Waals surface area (Å²) in [7, 11) is 0. The molecule has 0 aliphatic rings. The van der Waals surface area contributed by atoms with Crippen molar-refractivity contribution in [2.75, 3.05) is 0 Å². The lowest BCUT2D eigenvalue weighted by Crippen LogP contribution is -2.10. The Morgan fingerprint density at radius 1 is 1.62 bits per heavy atom. The molecule has 5 nitrogen and oxygen atoms in total. The lowest BCUT2D eigenvalue weighted by Gasteiger charge is -2.05. The number of carboxylic acids is 1. The minimum absolute atomic E-state index is 0.326. The van der Waals surface area contributed by atoms with Gasteiger partial charge in [-0.15, -0.1) is 0 Å². The molecule has 1 N–H and O–H groups in total. The average Bonchev–Trinajstić information content (AvgIpc) is 2.72. The molecule has 84 valence electrons. The highest BCUT2D eigenvalue weighted by atomic mass is 16.4. The van der Waals surface area contributed by atoms with Crippen LogP contribution in [0.2, 0.25) is 0 Å². The maximum atomic E-state index is 10.7. The van der Waals surface area contributed by atoms with Crippen molar-refractivity contribution in [1.82, 2.24) is 14.6 Å². The van der Waals surface area contributed by atoms with Gasteiger partial charge in [0.2, 0.25) is 0 Å². The first-order valence-corrected chi connectivity index (χ1v) is 5.18. The monoisotopic (exact) mass is 219 g/mol. The van der Waals surface area contributed by atoms with Gasteiger partial charge >= 0.3 is 5.97 Å². The first-order chi connectivity index (χ1) is 7.66. The highest BCUT2D eigenvalue weighted by Crippen LogP contribution is 2.09. The Balaban J connectivity index is 2.06. The van der Waals surface area contributed by atoms with E-state index >= 15 is 0 Å². The third-order valence-corrected chi connectivity index (χ3v) is 2.59. The molecule has 2 aromatic heterocycles. The molecule has 0 bridgehead atoms. The van der Waals surface area contributed by atoms with E-state index in [-0.39, 0.29) is 5.92 Å². The number of carboxylic acid groups (broad SMARTS) is 1. The number of carbonyl (C=O) groups is 1. The summed E-state index contributed by atoms with van der Waals surface area (Å²) >= 11 is 0. The average molecular weight is 219 g/mol. The standard InChI is InChI=1S/C11H13N3O2/c1-8(11(15)16)2-3-9-6-12-10-4-5-13-14(10)7-9/h4-8H,2-3H2,1H3,(H,15,16). The first-order valence-electron chi connectivity index (χ1n) is 5.18. The van der Waals surface area contributed by atoms with Crippen molar-refractivity contribution < 1.29 is 9.90 Å². The van der Waals surface area contributed by atoms with Gasteiger partial charge in [0.1, 0.15) is 0 Å². The van der Waals surface area contributed by atoms with Crippen molar-refractivity contribution >= 4 is 11.6 Å². The van der Waals surface area contributed by atoms with Crippen LogP contribution in [-0.2, 0) is 11.2 Å². The van der Waals surface area contributed by atoms with Crippen LogP contribution < -0.4 is 0 Å². The van der Waals surface area contributed by atoms with Crippen molar-refractivity contribution in [1.29, 1.82) is 0 Å². The van der Waals surface area contributed by atoms with E-state index in [4.69, 9.17) is 5.11 Å². The molecule has 0 amide bonds. The predicted molar refractivity (Wildman–Crippen MR) is 58.1 cm³/mol. The molecule has 1 unspecified atom stereocenters. The van der Waals surface area contributed by atoms with Crippen LogP contribution in [0.1, 0.15) is 18.9 Å². The molecule has 1 atom stereocenters. The van der Waals surface area contributed by atoms with Crippen LogP contribution in [0.4, 0.5) is 0 Å². The van der Waals surface area contributed by atoms with Gasteiger partial charge in [-0.05, 0) is 18.4 Å². The van der Waals surface area contributed by atoms with Gasteiger partial charge in [0.15, 0.2) is 5.65 Å². The quantitative estimate of drug-likeness (QED) is 0.843. The summed E-state index contributed by atoms with van der Waals surface area (Å²) in [6.07, 6.45) is 6.66. The smallest absolute Gasteiger partial charge is 0.306 e. The Morgan fingerprint density at radius 2 is 2.44 bits per heavy atom. The van der Waals surface area contributed by atoms with Crippen LogP contribution in [0.5, 0.6) is 0 Å². The molecule has 0 spiro atoms. The highest BCUT2D eigenvalue weighted by Gasteiger charge is 2.10. The van der Waals surface area contributed by atoms with Gasteiger partial charge in [-0.25, -0.2) is 9.50 Å². The van der Waals surface area contributed by atoms with E-state index < -0.39 is 5.97 Å². The molecule has 0 fully saturated rings. The van der Waals surface area contributed by atoms with E-state index in [9.17, 15) is 4.79 Å². The molecule has 0 saturated heterocycles. The molecule has 0 aliphatic heterocycles. The van der Waals surface area contributed by atoms with Crippen LogP contribution in [0, 0.1) is 5.92 Å². The van der Waals surface area contributed by atoms with Crippen molar-refractivity contribution in [3.05, 3.63) is 30.2 Å². The summed E-state index contributed by atoms with van der Waals surface area (Å²) < 4.78 is 1.70. The molecular weight excluding hydrogens is 206 g/mol. The first kappa shape index (κ1) is 10.6. The van der Waals surface area contributed by atoms with E-state index in [1.54, 1.807) is 23.8 Å². The zero-order valence-corrected chi connectivity index (χ0v) is 9.00. The zero-order chi connectivity index (χ0) is 11.5. The molecule has 5 heteroatoms. The molecule has 16 heavy (non-hydrogen) atoms. The van der Waals surface area contributed by atoms with Crippen LogP contribution in [0.25, 0.3) is 5.65 Å². The molecule has 0 saturated carbocycles. The second-order valence-corrected chi connectivity index (χ2v) is 3.87. The second-order valence-electron chi connectivity index (χ2n) is 3.87. The van der Waals surface area contributed by atoms with Crippen LogP contribution in [-0.4, -0.2) is 25.7 Å². The van der Waals surface area contributed by atoms with E-state index in [0.717, 1.165) is 11.2 Å². The van der Waals surface area contributed by atoms with E-state index in [1.165, 1.54) is 0 Å². The largest absolute Gasteiger partial charge is 0.481 e. The summed E-state index contributed by atoms with van der Waals surface area (Å²) in [5.41, 5.74) is 1.80. The summed E-state index contributed by atoms with van der Waals surface area (Å²) in [6, 6.07) is 1.82. The van der Waals surface area contributed by atoms with E-state index in [0.29, 0.717) is 12.8 Å². The lowest BCUT2D eigenvalue weighted by atomic mass is 10.0. The number of aromatic nitrogens is 3. The van der Waals surface area contributed by atoms with Gasteiger partial charge in [-0.2, -0.15) is 5.10 Å². The Hall–Kier alpha value is -1.91. The zero-order valence-electron chi connectivity index (χ0n) is 9.00. The van der Waals surface area contributed by atoms with Crippen molar-refractivity contribution in [2.45, 2.75) is 19.8 Å². The van der Waals surface area contributed by atoms with Gasteiger partial charge in [-0.3, -0.25) is 4.79 Å². The summed E-state index contributed by atoms with van der Waals surface area (Å²) in [4.78, 5) is 14.9. The normalized spacial score (nSPS) is 12.8. The molecule has 0 aliphatic carbocycles. The third-order valence-electron chi connectivity index (χ3n) is 2.59. The maximum Gasteiger partial charge on any atom is 0.306 e. The highest BCUT2D eigenvalue weighted by molar-refractivity contribution is 5.69. The number of rotatable bonds is 4. The number of hydrogen-bond donors (Lipinski definition) is 1. The van der Waals surface area contributed by atoms with Crippen LogP contribution in [0.15, 0.2) is 24.7 Å². The molecule has 0 aromatic carbocycles. The van der Waals surface area contributed by atoms with Crippen molar-refractivity contribution in [3.63, 3.8) is 0 Å². The van der Waals surface area contributed by atoms with Gasteiger partial charge in [0.05, 0.1) is 12.1 Å². The van der Waals surface area contributed by atoms with E-state index in [1.807, 2.05) is 12.3 Å². The fourth-order valence-corrected chi connectivity index (χ4v) is 1.48. The van der Waals surface area contributed by atoms with Crippen molar-refractivity contribution in [3.8, 4) is 0 Å². The van der Waals surface area contributed by atoms with Gasteiger partial charge in [-0.1, -0.05) is 6.92 Å². The predicted octanol–water partition coefficient (Wildman–Crippen LogP) is 1.38. The van der Waals surface area contributed by atoms with Gasteiger partial charge in [0, 0.05) is 18.5 Å². The fraction of sp³-hybridized carbons (Fsp3) is 0.364. The number of aliphatic carboxylic acids is 1. The molecule has 2 aromatic rings. The minimum Gasteiger partial charge on any atom is -0.481 e. The Labute approximate surface area is 92.7 Å². The number of aryl methyl sites for hydroxylation is 1. The summed E-state index contributed by atoms with van der Waals surface area (Å²) in [5.74, 6) is -1.08. The molecular formula is C11H13N3O2. The minimum atomic E-state index is -0.756. The molecule has 0 radical (unpaired) electrons. The third kappa shape index (κ3) is 2.18.